The minimum Gasteiger partial charge on any atom is -0.381 e. The molecule has 0 rings (SSSR count). The minimum atomic E-state index is 0.433. The smallest absolute Gasteiger partial charge is 0.0471 e. The van der Waals surface area contributed by atoms with E-state index in [1.807, 2.05) is 0 Å². The molecule has 0 amide bonds. The Hall–Kier alpha value is -0.0800. The molecule has 0 radical (unpaired) electrons. The molecular weight excluding hydrogens is 210 g/mol. The number of nitrogens with one attached hydrogen (secondary N) is 1. The van der Waals surface area contributed by atoms with Crippen LogP contribution in [-0.4, -0.2) is 26.3 Å². The number of hydrogen-bond donors (Lipinski definition) is 1. The quantitative estimate of drug-likeness (QED) is 0.556. The Balaban J connectivity index is 3.97. The molecule has 0 saturated heterocycles. The molecule has 0 bridgehead atoms. The van der Waals surface area contributed by atoms with E-state index in [4.69, 9.17) is 4.74 Å². The highest BCUT2D eigenvalue weighted by Gasteiger charge is 2.25. The summed E-state index contributed by atoms with van der Waals surface area (Å²) in [7, 11) is 0. The predicted octanol–water partition coefficient (Wildman–Crippen LogP) is 3.86. The van der Waals surface area contributed by atoms with Gasteiger partial charge < -0.3 is 10.1 Å². The highest BCUT2D eigenvalue weighted by Crippen LogP contribution is 2.29. The molecule has 0 atom stereocenters. The second-order valence-corrected chi connectivity index (χ2v) is 5.59. The highest BCUT2D eigenvalue weighted by molar-refractivity contribution is 4.79. The van der Waals surface area contributed by atoms with Gasteiger partial charge in [0.15, 0.2) is 0 Å². The third-order valence-electron chi connectivity index (χ3n) is 3.68. The molecule has 0 aromatic heterocycles. The lowest BCUT2D eigenvalue weighted by Crippen LogP contribution is -2.36. The zero-order chi connectivity index (χ0) is 13.1. The largest absolute Gasteiger partial charge is 0.381 e. The lowest BCUT2D eigenvalue weighted by molar-refractivity contribution is 0.0880. The second-order valence-electron chi connectivity index (χ2n) is 5.59. The molecule has 0 heterocycles. The van der Waals surface area contributed by atoms with E-state index in [2.05, 4.69) is 39.9 Å². The fourth-order valence-corrected chi connectivity index (χ4v) is 2.10. The maximum absolute atomic E-state index is 5.64. The van der Waals surface area contributed by atoms with Gasteiger partial charge in [0, 0.05) is 19.8 Å². The van der Waals surface area contributed by atoms with E-state index < -0.39 is 0 Å². The van der Waals surface area contributed by atoms with Crippen molar-refractivity contribution in [3.8, 4) is 0 Å². The van der Waals surface area contributed by atoms with Gasteiger partial charge in [-0.2, -0.15) is 0 Å². The number of ether oxygens (including phenoxy) is 1. The molecule has 0 unspecified atom stereocenters. The molecule has 0 aliphatic carbocycles. The van der Waals surface area contributed by atoms with Gasteiger partial charge in [-0.15, -0.1) is 0 Å². The van der Waals surface area contributed by atoms with E-state index in [0.29, 0.717) is 5.41 Å². The van der Waals surface area contributed by atoms with Gasteiger partial charge in [-0.05, 0) is 43.6 Å². The first-order chi connectivity index (χ1) is 8.10. The zero-order valence-electron chi connectivity index (χ0n) is 12.6. The summed E-state index contributed by atoms with van der Waals surface area (Å²) < 4.78 is 5.64. The average Bonchev–Trinajstić information content (AvgIpc) is 2.32. The maximum atomic E-state index is 5.64. The lowest BCUT2D eigenvalue weighted by atomic mass is 9.79. The first-order valence-corrected chi connectivity index (χ1v) is 7.38. The first-order valence-electron chi connectivity index (χ1n) is 7.38. The Bertz CT molecular complexity index is 164. The molecule has 1 N–H and O–H groups in total. The minimum absolute atomic E-state index is 0.433. The van der Waals surface area contributed by atoms with Crippen LogP contribution < -0.4 is 5.32 Å². The van der Waals surface area contributed by atoms with Crippen LogP contribution in [0.15, 0.2) is 0 Å². The molecule has 17 heavy (non-hydrogen) atoms. The van der Waals surface area contributed by atoms with E-state index in [1.54, 1.807) is 0 Å². The van der Waals surface area contributed by atoms with Crippen molar-refractivity contribution < 1.29 is 4.74 Å². The van der Waals surface area contributed by atoms with Crippen LogP contribution in [0.4, 0.5) is 0 Å². The maximum Gasteiger partial charge on any atom is 0.0471 e. The molecule has 2 nitrogen and oxygen atoms in total. The van der Waals surface area contributed by atoms with Gasteiger partial charge in [0.2, 0.25) is 0 Å². The van der Waals surface area contributed by atoms with E-state index in [-0.39, 0.29) is 0 Å². The molecule has 0 aliphatic heterocycles. The normalized spacial score (nSPS) is 12.4. The number of hydrogen-bond acceptors (Lipinski definition) is 2. The van der Waals surface area contributed by atoms with Crippen LogP contribution in [-0.2, 0) is 4.74 Å². The van der Waals surface area contributed by atoms with Gasteiger partial charge in [-0.25, -0.2) is 0 Å². The van der Waals surface area contributed by atoms with Crippen molar-refractivity contribution in [1.82, 2.24) is 5.32 Å². The van der Waals surface area contributed by atoms with Crippen molar-refractivity contribution >= 4 is 0 Å². The van der Waals surface area contributed by atoms with Crippen molar-refractivity contribution in [2.75, 3.05) is 26.3 Å². The summed E-state index contributed by atoms with van der Waals surface area (Å²) in [5.41, 5.74) is 0.433. The molecular formula is C15H33NO. The Morgan fingerprint density at radius 1 is 1.06 bits per heavy atom. The molecule has 0 fully saturated rings. The van der Waals surface area contributed by atoms with Gasteiger partial charge in [0.1, 0.15) is 0 Å². The fourth-order valence-electron chi connectivity index (χ4n) is 2.10. The second kappa shape index (κ2) is 9.90. The van der Waals surface area contributed by atoms with Crippen LogP contribution in [0.1, 0.15) is 60.3 Å². The molecule has 0 spiro atoms. The zero-order valence-corrected chi connectivity index (χ0v) is 12.6. The molecule has 104 valence electrons. The molecule has 0 aliphatic rings. The van der Waals surface area contributed by atoms with Crippen LogP contribution >= 0.6 is 0 Å². The molecule has 2 heteroatoms. The van der Waals surface area contributed by atoms with E-state index in [9.17, 15) is 0 Å². The third-order valence-corrected chi connectivity index (χ3v) is 3.68. The van der Waals surface area contributed by atoms with Crippen molar-refractivity contribution in [1.29, 1.82) is 0 Å². The summed E-state index contributed by atoms with van der Waals surface area (Å²) in [6.45, 7) is 15.4. The Morgan fingerprint density at radius 3 is 2.18 bits per heavy atom. The molecule has 0 saturated carbocycles. The summed E-state index contributed by atoms with van der Waals surface area (Å²) in [5, 5.41) is 3.61. The van der Waals surface area contributed by atoms with Crippen molar-refractivity contribution in [2.24, 2.45) is 11.3 Å². The highest BCUT2D eigenvalue weighted by atomic mass is 16.5. The van der Waals surface area contributed by atoms with E-state index >= 15 is 0 Å². The topological polar surface area (TPSA) is 21.3 Å². The summed E-state index contributed by atoms with van der Waals surface area (Å²) in [4.78, 5) is 0. The molecule has 0 aromatic carbocycles. The van der Waals surface area contributed by atoms with Crippen molar-refractivity contribution in [3.05, 3.63) is 0 Å². The summed E-state index contributed by atoms with van der Waals surface area (Å²) in [6, 6.07) is 0. The SMILES string of the molecule is CCCOCCC(CC)(CC)CNCC(C)C. The lowest BCUT2D eigenvalue weighted by Gasteiger charge is -2.32. The Labute approximate surface area is 109 Å². The van der Waals surface area contributed by atoms with Crippen molar-refractivity contribution in [3.63, 3.8) is 0 Å². The van der Waals surface area contributed by atoms with Crippen molar-refractivity contribution in [2.45, 2.75) is 60.3 Å². The van der Waals surface area contributed by atoms with Crippen LogP contribution in [0.2, 0.25) is 0 Å². The standard InChI is InChI=1S/C15H33NO/c1-6-10-17-11-9-15(7-2,8-3)13-16-12-14(4)5/h14,16H,6-13H2,1-5H3. The Morgan fingerprint density at radius 2 is 1.71 bits per heavy atom. The van der Waals surface area contributed by atoms with Crippen LogP contribution in [0.3, 0.4) is 0 Å². The summed E-state index contributed by atoms with van der Waals surface area (Å²) in [6.07, 6.45) is 4.79. The van der Waals surface area contributed by atoms with Gasteiger partial charge in [-0.1, -0.05) is 34.6 Å². The monoisotopic (exact) mass is 243 g/mol. The van der Waals surface area contributed by atoms with Crippen LogP contribution in [0.5, 0.6) is 0 Å². The summed E-state index contributed by atoms with van der Waals surface area (Å²) >= 11 is 0. The predicted molar refractivity (Wildman–Crippen MR) is 76.4 cm³/mol. The van der Waals surface area contributed by atoms with E-state index in [1.165, 1.54) is 19.3 Å². The van der Waals surface area contributed by atoms with E-state index in [0.717, 1.165) is 38.6 Å². The van der Waals surface area contributed by atoms with Gasteiger partial charge in [0.25, 0.3) is 0 Å². The summed E-state index contributed by atoms with van der Waals surface area (Å²) in [5.74, 6) is 0.734. The average molecular weight is 243 g/mol. The fraction of sp³-hybridized carbons (Fsp3) is 1.00. The van der Waals surface area contributed by atoms with Gasteiger partial charge in [-0.3, -0.25) is 0 Å². The molecule has 0 aromatic rings. The van der Waals surface area contributed by atoms with Gasteiger partial charge >= 0.3 is 0 Å². The third kappa shape index (κ3) is 7.77. The van der Waals surface area contributed by atoms with Crippen LogP contribution in [0.25, 0.3) is 0 Å². The Kier molecular flexibility index (Phi) is 9.85. The van der Waals surface area contributed by atoms with Crippen LogP contribution in [0, 0.1) is 11.3 Å². The van der Waals surface area contributed by atoms with Gasteiger partial charge in [0.05, 0.1) is 0 Å². The number of rotatable bonds is 11. The first kappa shape index (κ1) is 16.9.